The van der Waals surface area contributed by atoms with Crippen LogP contribution in [0.1, 0.15) is 29.2 Å². The predicted octanol–water partition coefficient (Wildman–Crippen LogP) is 2.03. The normalized spacial score (nSPS) is 19.7. The topological polar surface area (TPSA) is 69.7 Å². The second kappa shape index (κ2) is 8.69. The molecule has 2 saturated heterocycles. The number of nitrogens with zero attached hydrogens (tertiary/aromatic N) is 2. The van der Waals surface area contributed by atoms with E-state index in [-0.39, 0.29) is 24.2 Å². The van der Waals surface area contributed by atoms with Crippen molar-refractivity contribution in [1.82, 2.24) is 14.5 Å². The van der Waals surface area contributed by atoms with Crippen LogP contribution in [-0.4, -0.2) is 62.8 Å². The lowest BCUT2D eigenvalue weighted by molar-refractivity contribution is -0.138. The maximum absolute atomic E-state index is 13.3. The molecular weight excluding hydrogens is 398 g/mol. The Bertz CT molecular complexity index is 818. The second-order valence-electron chi connectivity index (χ2n) is 8.03. The van der Waals surface area contributed by atoms with Crippen LogP contribution in [-0.2, 0) is 14.8 Å². The van der Waals surface area contributed by atoms with E-state index in [4.69, 9.17) is 0 Å². The number of nitrogens with one attached hydrogen (secondary N) is 1. The van der Waals surface area contributed by atoms with Crippen molar-refractivity contribution in [3.63, 3.8) is 0 Å². The molecule has 2 fully saturated rings. The van der Waals surface area contributed by atoms with Gasteiger partial charge in [0.05, 0.1) is 4.90 Å². The molecule has 0 spiro atoms. The highest BCUT2D eigenvalue weighted by molar-refractivity contribution is 7.89. The molecule has 1 aromatic rings. The summed E-state index contributed by atoms with van der Waals surface area (Å²) in [5.74, 6) is 0.551. The number of carbonyl (C=O) groups is 1. The lowest BCUT2D eigenvalue weighted by Crippen LogP contribution is -2.55. The van der Waals surface area contributed by atoms with Crippen molar-refractivity contribution in [1.29, 1.82) is 0 Å². The molecule has 1 aromatic carbocycles. The fraction of sp³-hybridized carbons (Fsp3) is 0.650. The van der Waals surface area contributed by atoms with Gasteiger partial charge in [-0.05, 0) is 69.0 Å². The Balaban J connectivity index is 0.00000280. The van der Waals surface area contributed by atoms with Gasteiger partial charge in [0.25, 0.3) is 0 Å². The first-order valence-corrected chi connectivity index (χ1v) is 11.2. The number of hydrogen-bond acceptors (Lipinski definition) is 4. The van der Waals surface area contributed by atoms with Gasteiger partial charge in [-0.25, -0.2) is 8.42 Å². The monoisotopic (exact) mass is 429 g/mol. The Labute approximate surface area is 175 Å². The summed E-state index contributed by atoms with van der Waals surface area (Å²) in [5.41, 5.74) is 3.63. The van der Waals surface area contributed by atoms with Gasteiger partial charge in [-0.1, -0.05) is 13.0 Å². The van der Waals surface area contributed by atoms with Crippen molar-refractivity contribution < 1.29 is 13.2 Å². The van der Waals surface area contributed by atoms with Gasteiger partial charge in [0.15, 0.2) is 0 Å². The number of aryl methyl sites for hydroxylation is 2. The highest BCUT2D eigenvalue weighted by Gasteiger charge is 2.36. The Morgan fingerprint density at radius 1 is 1.04 bits per heavy atom. The summed E-state index contributed by atoms with van der Waals surface area (Å²) in [6.45, 7) is 13.1. The third-order valence-electron chi connectivity index (χ3n) is 6.36. The van der Waals surface area contributed by atoms with Crippen molar-refractivity contribution in [2.75, 3.05) is 39.3 Å². The molecule has 3 rings (SSSR count). The van der Waals surface area contributed by atoms with E-state index in [9.17, 15) is 13.2 Å². The zero-order chi connectivity index (χ0) is 19.9. The number of amides is 1. The van der Waals surface area contributed by atoms with Gasteiger partial charge < -0.3 is 10.2 Å². The van der Waals surface area contributed by atoms with Crippen LogP contribution >= 0.6 is 12.4 Å². The lowest BCUT2D eigenvalue weighted by atomic mass is 9.88. The molecule has 6 nitrogen and oxygen atoms in total. The number of hydrogen-bond donors (Lipinski definition) is 1. The van der Waals surface area contributed by atoms with Crippen molar-refractivity contribution in [2.45, 2.75) is 39.5 Å². The summed E-state index contributed by atoms with van der Waals surface area (Å²) < 4.78 is 28.2. The van der Waals surface area contributed by atoms with E-state index in [1.54, 1.807) is 4.31 Å². The Morgan fingerprint density at radius 2 is 1.54 bits per heavy atom. The molecule has 8 heteroatoms. The molecule has 0 aliphatic carbocycles. The molecular formula is C20H32ClN3O3S. The van der Waals surface area contributed by atoms with Gasteiger partial charge >= 0.3 is 0 Å². The number of benzene rings is 1. The first-order valence-electron chi connectivity index (χ1n) is 9.71. The minimum Gasteiger partial charge on any atom is -0.340 e. The van der Waals surface area contributed by atoms with Crippen molar-refractivity contribution in [3.8, 4) is 0 Å². The average Bonchev–Trinajstić information content (AvgIpc) is 2.58. The van der Waals surface area contributed by atoms with E-state index in [1.807, 2.05) is 45.6 Å². The number of halogens is 1. The molecule has 1 unspecified atom stereocenters. The molecule has 2 aliphatic heterocycles. The standard InChI is InChI=1S/C20H31N3O3S.ClH/c1-13-10-14(2)16(4)19(15(13)3)27(25,26)23-8-6-22(7-9-23)20(24)17(5)18-11-21-12-18;/h10,17-18,21H,6-9,11-12H2,1-5H3;1H. The van der Waals surface area contributed by atoms with Gasteiger partial charge in [0.1, 0.15) is 0 Å². The van der Waals surface area contributed by atoms with Crippen LogP contribution in [0.5, 0.6) is 0 Å². The quantitative estimate of drug-likeness (QED) is 0.795. The molecule has 158 valence electrons. The van der Waals surface area contributed by atoms with Crippen molar-refractivity contribution >= 4 is 28.3 Å². The van der Waals surface area contributed by atoms with E-state index < -0.39 is 10.0 Å². The third kappa shape index (κ3) is 4.08. The fourth-order valence-electron chi connectivity index (χ4n) is 4.00. The molecule has 0 bridgehead atoms. The predicted molar refractivity (Wildman–Crippen MR) is 114 cm³/mol. The summed E-state index contributed by atoms with van der Waals surface area (Å²) in [4.78, 5) is 15.0. The van der Waals surface area contributed by atoms with E-state index in [2.05, 4.69) is 5.32 Å². The maximum atomic E-state index is 13.3. The number of rotatable bonds is 4. The molecule has 1 atom stereocenters. The smallest absolute Gasteiger partial charge is 0.243 e. The molecule has 1 N–H and O–H groups in total. The highest BCUT2D eigenvalue weighted by Crippen LogP contribution is 2.29. The van der Waals surface area contributed by atoms with Crippen LogP contribution in [0.2, 0.25) is 0 Å². The Hall–Kier alpha value is -1.15. The summed E-state index contributed by atoms with van der Waals surface area (Å²) in [6, 6.07) is 2.04. The van der Waals surface area contributed by atoms with Crippen molar-refractivity contribution in [3.05, 3.63) is 28.3 Å². The molecule has 28 heavy (non-hydrogen) atoms. The number of sulfonamides is 1. The van der Waals surface area contributed by atoms with E-state index in [1.165, 1.54) is 0 Å². The molecule has 0 saturated carbocycles. The fourth-order valence-corrected chi connectivity index (χ4v) is 6.00. The third-order valence-corrected chi connectivity index (χ3v) is 8.53. The Kier molecular flexibility index (Phi) is 7.18. The second-order valence-corrected chi connectivity index (χ2v) is 9.90. The van der Waals surface area contributed by atoms with Gasteiger partial charge in [0.2, 0.25) is 15.9 Å². The summed E-state index contributed by atoms with van der Waals surface area (Å²) in [7, 11) is -3.56. The van der Waals surface area contributed by atoms with E-state index in [0.717, 1.165) is 35.3 Å². The summed E-state index contributed by atoms with van der Waals surface area (Å²) in [5, 5.41) is 3.21. The van der Waals surface area contributed by atoms with Crippen LogP contribution in [0, 0.1) is 39.5 Å². The molecule has 0 aromatic heterocycles. The minimum absolute atomic E-state index is 0. The van der Waals surface area contributed by atoms with Crippen LogP contribution in [0.3, 0.4) is 0 Å². The van der Waals surface area contributed by atoms with E-state index >= 15 is 0 Å². The van der Waals surface area contributed by atoms with Gasteiger partial charge in [0, 0.05) is 32.1 Å². The van der Waals surface area contributed by atoms with Crippen LogP contribution in [0.25, 0.3) is 0 Å². The molecule has 1 amide bonds. The summed E-state index contributed by atoms with van der Waals surface area (Å²) in [6.07, 6.45) is 0. The first kappa shape index (κ1) is 23.1. The highest BCUT2D eigenvalue weighted by atomic mass is 35.5. The number of piperazine rings is 1. The van der Waals surface area contributed by atoms with Crippen molar-refractivity contribution in [2.24, 2.45) is 11.8 Å². The molecule has 2 heterocycles. The van der Waals surface area contributed by atoms with Crippen LogP contribution in [0.4, 0.5) is 0 Å². The van der Waals surface area contributed by atoms with E-state index in [0.29, 0.717) is 37.0 Å². The lowest BCUT2D eigenvalue weighted by Gasteiger charge is -2.39. The molecule has 0 radical (unpaired) electrons. The maximum Gasteiger partial charge on any atom is 0.243 e. The van der Waals surface area contributed by atoms with Gasteiger partial charge in [-0.15, -0.1) is 12.4 Å². The summed E-state index contributed by atoms with van der Waals surface area (Å²) >= 11 is 0. The van der Waals surface area contributed by atoms with Gasteiger partial charge in [-0.3, -0.25) is 4.79 Å². The first-order chi connectivity index (χ1) is 12.6. The molecule has 2 aliphatic rings. The number of carbonyl (C=O) groups excluding carboxylic acids is 1. The minimum atomic E-state index is -3.56. The zero-order valence-electron chi connectivity index (χ0n) is 17.4. The van der Waals surface area contributed by atoms with Crippen LogP contribution in [0.15, 0.2) is 11.0 Å². The Morgan fingerprint density at radius 3 is 1.96 bits per heavy atom. The van der Waals surface area contributed by atoms with Gasteiger partial charge in [-0.2, -0.15) is 4.31 Å². The average molecular weight is 430 g/mol. The zero-order valence-corrected chi connectivity index (χ0v) is 19.0. The SMILES string of the molecule is Cc1cc(C)c(C)c(S(=O)(=O)N2CCN(C(=O)C(C)C3CNC3)CC2)c1C.Cl. The largest absolute Gasteiger partial charge is 0.340 e. The van der Waals surface area contributed by atoms with Crippen LogP contribution < -0.4 is 5.32 Å².